The minimum Gasteiger partial charge on any atom is -0.492 e. The number of aliphatic carboxylic acids is 1. The fourth-order valence-corrected chi connectivity index (χ4v) is 2.37. The molecule has 0 aromatic heterocycles. The molecule has 20 heavy (non-hydrogen) atoms. The second-order valence-corrected chi connectivity index (χ2v) is 5.02. The monoisotopic (exact) mass is 277 g/mol. The number of carboxylic acids is 1. The minimum absolute atomic E-state index is 0.0643. The van der Waals surface area contributed by atoms with Gasteiger partial charge in [0.2, 0.25) is 5.91 Å². The van der Waals surface area contributed by atoms with E-state index in [1.165, 1.54) is 0 Å². The van der Waals surface area contributed by atoms with Gasteiger partial charge < -0.3 is 14.7 Å². The first-order valence-electron chi connectivity index (χ1n) is 6.78. The van der Waals surface area contributed by atoms with Crippen molar-refractivity contribution in [3.63, 3.8) is 0 Å². The van der Waals surface area contributed by atoms with Crippen LogP contribution in [-0.2, 0) is 9.59 Å². The minimum atomic E-state index is -0.890. The molecule has 2 rings (SSSR count). The summed E-state index contributed by atoms with van der Waals surface area (Å²) in [6, 6.07) is 7.48. The van der Waals surface area contributed by atoms with Gasteiger partial charge in [-0.05, 0) is 13.0 Å². The quantitative estimate of drug-likeness (QED) is 0.890. The molecular weight excluding hydrogens is 258 g/mol. The molecule has 1 heterocycles. The van der Waals surface area contributed by atoms with Crippen molar-refractivity contribution >= 4 is 11.9 Å². The Kier molecular flexibility index (Phi) is 4.27. The van der Waals surface area contributed by atoms with E-state index >= 15 is 0 Å². The number of rotatable bonds is 5. The molecule has 0 aliphatic carbocycles. The standard InChI is InChI=1S/C15H19NO4/c1-3-16(8-10(2)15(18)19)14(17)12-9-20-13-7-5-4-6-11(12)13/h4-7,10,12H,3,8-9H2,1-2H3,(H,18,19). The number of nitrogens with zero attached hydrogens (tertiary/aromatic N) is 1. The van der Waals surface area contributed by atoms with Gasteiger partial charge in [0.1, 0.15) is 18.3 Å². The zero-order valence-electron chi connectivity index (χ0n) is 11.7. The number of benzene rings is 1. The van der Waals surface area contributed by atoms with Crippen LogP contribution in [0.5, 0.6) is 5.75 Å². The molecule has 1 amide bonds. The van der Waals surface area contributed by atoms with Gasteiger partial charge in [0.05, 0.1) is 5.92 Å². The van der Waals surface area contributed by atoms with E-state index < -0.39 is 11.9 Å². The van der Waals surface area contributed by atoms with Crippen LogP contribution in [0.25, 0.3) is 0 Å². The van der Waals surface area contributed by atoms with Crippen molar-refractivity contribution in [3.8, 4) is 5.75 Å². The molecule has 0 fully saturated rings. The van der Waals surface area contributed by atoms with E-state index in [0.717, 1.165) is 11.3 Å². The molecule has 0 radical (unpaired) electrons. The van der Waals surface area contributed by atoms with Crippen LogP contribution in [0.2, 0.25) is 0 Å². The van der Waals surface area contributed by atoms with Gasteiger partial charge in [-0.2, -0.15) is 0 Å². The lowest BCUT2D eigenvalue weighted by Gasteiger charge is -2.25. The highest BCUT2D eigenvalue weighted by Gasteiger charge is 2.33. The lowest BCUT2D eigenvalue weighted by atomic mass is 9.99. The third-order valence-corrected chi connectivity index (χ3v) is 3.61. The van der Waals surface area contributed by atoms with Gasteiger partial charge >= 0.3 is 5.97 Å². The Morgan fingerprint density at radius 1 is 1.45 bits per heavy atom. The van der Waals surface area contributed by atoms with Crippen molar-refractivity contribution in [3.05, 3.63) is 29.8 Å². The molecule has 108 valence electrons. The van der Waals surface area contributed by atoms with E-state index in [4.69, 9.17) is 9.84 Å². The fourth-order valence-electron chi connectivity index (χ4n) is 2.37. The highest BCUT2D eigenvalue weighted by atomic mass is 16.5. The number of likely N-dealkylation sites (N-methyl/N-ethyl adjacent to an activating group) is 1. The summed E-state index contributed by atoms with van der Waals surface area (Å²) in [4.78, 5) is 25.1. The third kappa shape index (κ3) is 2.76. The summed E-state index contributed by atoms with van der Waals surface area (Å²) in [5.74, 6) is -1.11. The molecule has 1 aromatic carbocycles. The molecule has 5 heteroatoms. The van der Waals surface area contributed by atoms with Crippen molar-refractivity contribution in [1.82, 2.24) is 4.90 Å². The average molecular weight is 277 g/mol. The number of hydrogen-bond acceptors (Lipinski definition) is 3. The smallest absolute Gasteiger partial charge is 0.308 e. The van der Waals surface area contributed by atoms with Gasteiger partial charge in [-0.1, -0.05) is 25.1 Å². The predicted octanol–water partition coefficient (Wildman–Crippen LogP) is 1.73. The first-order valence-corrected chi connectivity index (χ1v) is 6.78. The zero-order valence-corrected chi connectivity index (χ0v) is 11.7. The molecule has 1 aromatic rings. The van der Waals surface area contributed by atoms with Crippen LogP contribution in [-0.4, -0.2) is 41.6 Å². The summed E-state index contributed by atoms with van der Waals surface area (Å²) in [6.07, 6.45) is 0. The molecule has 5 nitrogen and oxygen atoms in total. The lowest BCUT2D eigenvalue weighted by molar-refractivity contribution is -0.143. The summed E-state index contributed by atoms with van der Waals surface area (Å²) in [6.45, 7) is 4.51. The summed E-state index contributed by atoms with van der Waals surface area (Å²) in [5, 5.41) is 8.97. The van der Waals surface area contributed by atoms with Gasteiger partial charge in [0.25, 0.3) is 0 Å². The molecule has 0 saturated carbocycles. The highest BCUT2D eigenvalue weighted by molar-refractivity contribution is 5.86. The molecule has 0 bridgehead atoms. The average Bonchev–Trinajstić information content (AvgIpc) is 2.87. The molecule has 1 aliphatic rings. The van der Waals surface area contributed by atoms with Crippen LogP contribution in [0, 0.1) is 5.92 Å². The van der Waals surface area contributed by atoms with Crippen LogP contribution in [0.4, 0.5) is 0 Å². The summed E-state index contributed by atoms with van der Waals surface area (Å²) < 4.78 is 5.52. The van der Waals surface area contributed by atoms with Gasteiger partial charge in [-0.25, -0.2) is 0 Å². The van der Waals surface area contributed by atoms with Gasteiger partial charge in [0, 0.05) is 18.7 Å². The topological polar surface area (TPSA) is 66.8 Å². The maximum Gasteiger partial charge on any atom is 0.308 e. The van der Waals surface area contributed by atoms with Crippen molar-refractivity contribution in [2.24, 2.45) is 5.92 Å². The van der Waals surface area contributed by atoms with Gasteiger partial charge in [-0.3, -0.25) is 9.59 Å². The number of hydrogen-bond donors (Lipinski definition) is 1. The summed E-state index contributed by atoms with van der Waals surface area (Å²) >= 11 is 0. The molecule has 0 spiro atoms. The van der Waals surface area contributed by atoms with Crippen molar-refractivity contribution in [1.29, 1.82) is 0 Å². The number of fused-ring (bicyclic) bond motifs is 1. The summed E-state index contributed by atoms with van der Waals surface area (Å²) in [5.41, 5.74) is 0.888. The third-order valence-electron chi connectivity index (χ3n) is 3.61. The number of carboxylic acid groups (broad SMARTS) is 1. The Morgan fingerprint density at radius 3 is 2.80 bits per heavy atom. The normalized spacial score (nSPS) is 18.0. The first-order chi connectivity index (χ1) is 9.54. The number of para-hydroxylation sites is 1. The van der Waals surface area contributed by atoms with E-state index in [2.05, 4.69) is 0 Å². The Balaban J connectivity index is 2.12. The molecule has 2 unspecified atom stereocenters. The molecule has 1 N–H and O–H groups in total. The van der Waals surface area contributed by atoms with Crippen LogP contribution in [0.1, 0.15) is 25.3 Å². The Bertz CT molecular complexity index is 514. The van der Waals surface area contributed by atoms with Gasteiger partial charge in [0.15, 0.2) is 0 Å². The van der Waals surface area contributed by atoms with Crippen LogP contribution >= 0.6 is 0 Å². The number of carbonyl (C=O) groups is 2. The van der Waals surface area contributed by atoms with Gasteiger partial charge in [-0.15, -0.1) is 0 Å². The molecule has 2 atom stereocenters. The van der Waals surface area contributed by atoms with E-state index in [9.17, 15) is 9.59 Å². The molecule has 0 saturated heterocycles. The van der Waals surface area contributed by atoms with Crippen LogP contribution in [0.15, 0.2) is 24.3 Å². The Morgan fingerprint density at radius 2 is 2.15 bits per heavy atom. The van der Waals surface area contributed by atoms with Crippen molar-refractivity contribution in [2.45, 2.75) is 19.8 Å². The Hall–Kier alpha value is -2.04. The lowest BCUT2D eigenvalue weighted by Crippen LogP contribution is -2.40. The number of ether oxygens (including phenoxy) is 1. The second kappa shape index (κ2) is 5.94. The number of amides is 1. The van der Waals surface area contributed by atoms with E-state index in [-0.39, 0.29) is 18.4 Å². The zero-order chi connectivity index (χ0) is 14.7. The Labute approximate surface area is 118 Å². The molecule has 1 aliphatic heterocycles. The second-order valence-electron chi connectivity index (χ2n) is 5.02. The van der Waals surface area contributed by atoms with E-state index in [1.807, 2.05) is 31.2 Å². The maximum absolute atomic E-state index is 12.6. The highest BCUT2D eigenvalue weighted by Crippen LogP contribution is 2.34. The molecular formula is C15H19NO4. The van der Waals surface area contributed by atoms with Crippen molar-refractivity contribution in [2.75, 3.05) is 19.7 Å². The maximum atomic E-state index is 12.6. The van der Waals surface area contributed by atoms with Crippen molar-refractivity contribution < 1.29 is 19.4 Å². The largest absolute Gasteiger partial charge is 0.492 e. The van der Waals surface area contributed by atoms with E-state index in [1.54, 1.807) is 11.8 Å². The van der Waals surface area contributed by atoms with Crippen LogP contribution in [0.3, 0.4) is 0 Å². The van der Waals surface area contributed by atoms with E-state index in [0.29, 0.717) is 13.2 Å². The van der Waals surface area contributed by atoms with Crippen LogP contribution < -0.4 is 4.74 Å². The first kappa shape index (κ1) is 14.4. The number of carbonyl (C=O) groups excluding carboxylic acids is 1. The summed E-state index contributed by atoms with van der Waals surface area (Å²) in [7, 11) is 0. The SMILES string of the molecule is CCN(CC(C)C(=O)O)C(=O)C1COc2ccccc21. The fraction of sp³-hybridized carbons (Fsp3) is 0.467. The predicted molar refractivity (Wildman–Crippen MR) is 73.7 cm³/mol.